The summed E-state index contributed by atoms with van der Waals surface area (Å²) in [5.41, 5.74) is 2.86. The molecule has 1 aromatic rings. The van der Waals surface area contributed by atoms with Gasteiger partial charge in [0.1, 0.15) is 0 Å². The summed E-state index contributed by atoms with van der Waals surface area (Å²) in [7, 11) is 0. The van der Waals surface area contributed by atoms with E-state index in [9.17, 15) is 5.11 Å². The van der Waals surface area contributed by atoms with E-state index >= 15 is 0 Å². The Labute approximate surface area is 117 Å². The van der Waals surface area contributed by atoms with E-state index in [1.54, 1.807) is 0 Å². The van der Waals surface area contributed by atoms with Crippen LogP contribution in [0.15, 0.2) is 24.3 Å². The van der Waals surface area contributed by atoms with E-state index in [1.165, 1.54) is 24.9 Å². The van der Waals surface area contributed by atoms with Gasteiger partial charge in [0.2, 0.25) is 0 Å². The van der Waals surface area contributed by atoms with E-state index in [-0.39, 0.29) is 6.10 Å². The van der Waals surface area contributed by atoms with Gasteiger partial charge in [0.05, 0.1) is 6.10 Å². The number of hydrogen-bond acceptors (Lipinski definition) is 2. The molecule has 1 aliphatic heterocycles. The van der Waals surface area contributed by atoms with Gasteiger partial charge in [-0.2, -0.15) is 0 Å². The van der Waals surface area contributed by atoms with Gasteiger partial charge in [-0.15, -0.1) is 0 Å². The van der Waals surface area contributed by atoms with E-state index in [2.05, 4.69) is 43.0 Å². The van der Waals surface area contributed by atoms with E-state index in [4.69, 9.17) is 0 Å². The molecule has 0 bridgehead atoms. The maximum Gasteiger partial charge on any atom is 0.0787 e. The molecule has 1 saturated heterocycles. The minimum Gasteiger partial charge on any atom is -0.388 e. The minimum absolute atomic E-state index is 0.321. The summed E-state index contributed by atoms with van der Waals surface area (Å²) in [6.07, 6.45) is 4.30. The molecule has 0 amide bonds. The SMILES string of the molecule is CC[C@H](O)c1ccc(N2CCC(C)(CC)CC2)cc1. The molecule has 1 fully saturated rings. The van der Waals surface area contributed by atoms with E-state index in [0.29, 0.717) is 5.41 Å². The highest BCUT2D eigenvalue weighted by Crippen LogP contribution is 2.35. The Hall–Kier alpha value is -1.02. The molecule has 0 aliphatic carbocycles. The molecule has 1 N–H and O–H groups in total. The average Bonchev–Trinajstić information content (AvgIpc) is 2.47. The molecule has 19 heavy (non-hydrogen) atoms. The molecule has 0 unspecified atom stereocenters. The number of aliphatic hydroxyl groups excluding tert-OH is 1. The molecule has 2 heteroatoms. The van der Waals surface area contributed by atoms with Crippen molar-refractivity contribution in [2.45, 2.75) is 52.6 Å². The van der Waals surface area contributed by atoms with Gasteiger partial charge in [0.15, 0.2) is 0 Å². The lowest BCUT2D eigenvalue weighted by molar-refractivity contribution is 0.173. The van der Waals surface area contributed by atoms with Crippen molar-refractivity contribution >= 4 is 5.69 Å². The molecule has 1 heterocycles. The number of benzene rings is 1. The van der Waals surface area contributed by atoms with Crippen molar-refractivity contribution < 1.29 is 5.11 Å². The molecule has 1 aliphatic rings. The zero-order valence-electron chi connectivity index (χ0n) is 12.5. The minimum atomic E-state index is -0.321. The predicted octanol–water partition coefficient (Wildman–Crippen LogP) is 4.15. The topological polar surface area (TPSA) is 23.5 Å². The molecular weight excluding hydrogens is 234 g/mol. The Kier molecular flexibility index (Phi) is 4.51. The summed E-state index contributed by atoms with van der Waals surface area (Å²) in [6.45, 7) is 9.02. The van der Waals surface area contributed by atoms with Crippen LogP contribution in [0.2, 0.25) is 0 Å². The predicted molar refractivity (Wildman–Crippen MR) is 81.5 cm³/mol. The summed E-state index contributed by atoms with van der Waals surface area (Å²) in [5, 5.41) is 9.82. The molecule has 0 radical (unpaired) electrons. The average molecular weight is 261 g/mol. The summed E-state index contributed by atoms with van der Waals surface area (Å²) >= 11 is 0. The van der Waals surface area contributed by atoms with Gasteiger partial charge in [-0.1, -0.05) is 39.3 Å². The summed E-state index contributed by atoms with van der Waals surface area (Å²) in [4.78, 5) is 2.47. The lowest BCUT2D eigenvalue weighted by Gasteiger charge is -2.40. The number of hydrogen-bond donors (Lipinski definition) is 1. The zero-order valence-corrected chi connectivity index (χ0v) is 12.5. The van der Waals surface area contributed by atoms with E-state index < -0.39 is 0 Å². The largest absolute Gasteiger partial charge is 0.388 e. The monoisotopic (exact) mass is 261 g/mol. The van der Waals surface area contributed by atoms with Crippen LogP contribution >= 0.6 is 0 Å². The van der Waals surface area contributed by atoms with Crippen molar-refractivity contribution in [1.82, 2.24) is 0 Å². The smallest absolute Gasteiger partial charge is 0.0787 e. The molecule has 0 spiro atoms. The Morgan fingerprint density at radius 1 is 1.16 bits per heavy atom. The number of anilines is 1. The molecule has 0 aromatic heterocycles. The maximum atomic E-state index is 9.82. The Morgan fingerprint density at radius 2 is 1.74 bits per heavy atom. The van der Waals surface area contributed by atoms with Crippen LogP contribution in [0.5, 0.6) is 0 Å². The van der Waals surface area contributed by atoms with Crippen LogP contribution in [0.25, 0.3) is 0 Å². The second-order valence-corrected chi connectivity index (χ2v) is 6.17. The van der Waals surface area contributed by atoms with Crippen molar-refractivity contribution in [3.63, 3.8) is 0 Å². The Morgan fingerprint density at radius 3 is 2.21 bits per heavy atom. The number of nitrogens with zero attached hydrogens (tertiary/aromatic N) is 1. The molecule has 1 aromatic carbocycles. The van der Waals surface area contributed by atoms with Crippen LogP contribution in [-0.2, 0) is 0 Å². The first-order valence-corrected chi connectivity index (χ1v) is 7.61. The Balaban J connectivity index is 2.00. The zero-order chi connectivity index (χ0) is 13.9. The third kappa shape index (κ3) is 3.30. The molecule has 1 atom stereocenters. The molecule has 106 valence electrons. The lowest BCUT2D eigenvalue weighted by Crippen LogP contribution is -2.38. The van der Waals surface area contributed by atoms with Gasteiger partial charge in [-0.05, 0) is 42.4 Å². The number of piperidine rings is 1. The van der Waals surface area contributed by atoms with Crippen LogP contribution < -0.4 is 4.90 Å². The molecular formula is C17H27NO. The van der Waals surface area contributed by atoms with Gasteiger partial charge >= 0.3 is 0 Å². The number of rotatable bonds is 4. The van der Waals surface area contributed by atoms with Gasteiger partial charge in [0, 0.05) is 18.8 Å². The van der Waals surface area contributed by atoms with Crippen molar-refractivity contribution in [3.8, 4) is 0 Å². The first-order chi connectivity index (χ1) is 9.08. The van der Waals surface area contributed by atoms with Crippen molar-refractivity contribution in [1.29, 1.82) is 0 Å². The quantitative estimate of drug-likeness (QED) is 0.880. The van der Waals surface area contributed by atoms with Crippen LogP contribution in [0.3, 0.4) is 0 Å². The van der Waals surface area contributed by atoms with Crippen molar-refractivity contribution in [2.24, 2.45) is 5.41 Å². The van der Waals surface area contributed by atoms with Crippen LogP contribution in [0.1, 0.15) is 58.1 Å². The Bertz CT molecular complexity index is 390. The standard InChI is InChI=1S/C17H27NO/c1-4-16(19)14-6-8-15(9-7-14)18-12-10-17(3,5-2)11-13-18/h6-9,16,19H,4-5,10-13H2,1-3H3/t16-/m0/s1. The van der Waals surface area contributed by atoms with E-state index in [0.717, 1.165) is 25.1 Å². The fourth-order valence-electron chi connectivity index (χ4n) is 2.80. The third-order valence-corrected chi connectivity index (χ3v) is 4.85. The van der Waals surface area contributed by atoms with Gasteiger partial charge in [-0.25, -0.2) is 0 Å². The second-order valence-electron chi connectivity index (χ2n) is 6.17. The first-order valence-electron chi connectivity index (χ1n) is 7.61. The molecule has 0 saturated carbocycles. The third-order valence-electron chi connectivity index (χ3n) is 4.85. The lowest BCUT2D eigenvalue weighted by atomic mass is 9.78. The van der Waals surface area contributed by atoms with Crippen molar-refractivity contribution in [3.05, 3.63) is 29.8 Å². The normalized spacial score (nSPS) is 20.3. The summed E-state index contributed by atoms with van der Waals surface area (Å²) < 4.78 is 0. The fraction of sp³-hybridized carbons (Fsp3) is 0.647. The highest BCUT2D eigenvalue weighted by molar-refractivity contribution is 5.48. The number of aliphatic hydroxyl groups is 1. The van der Waals surface area contributed by atoms with Gasteiger partial charge < -0.3 is 10.0 Å². The summed E-state index contributed by atoms with van der Waals surface area (Å²) in [5.74, 6) is 0. The summed E-state index contributed by atoms with van der Waals surface area (Å²) in [6, 6.07) is 8.44. The molecule has 2 rings (SSSR count). The van der Waals surface area contributed by atoms with Gasteiger partial charge in [0.25, 0.3) is 0 Å². The highest BCUT2D eigenvalue weighted by Gasteiger charge is 2.28. The maximum absolute atomic E-state index is 9.82. The van der Waals surface area contributed by atoms with Gasteiger partial charge in [-0.3, -0.25) is 0 Å². The fourth-order valence-corrected chi connectivity index (χ4v) is 2.80. The highest BCUT2D eigenvalue weighted by atomic mass is 16.3. The van der Waals surface area contributed by atoms with Crippen LogP contribution in [-0.4, -0.2) is 18.2 Å². The van der Waals surface area contributed by atoms with Crippen LogP contribution in [0.4, 0.5) is 5.69 Å². The second kappa shape index (κ2) is 5.96. The van der Waals surface area contributed by atoms with Crippen LogP contribution in [0, 0.1) is 5.41 Å². The molecule has 2 nitrogen and oxygen atoms in total. The van der Waals surface area contributed by atoms with Crippen molar-refractivity contribution in [2.75, 3.05) is 18.0 Å². The van der Waals surface area contributed by atoms with E-state index in [1.807, 2.05) is 6.92 Å². The first kappa shape index (κ1) is 14.4.